The van der Waals surface area contributed by atoms with Crippen molar-refractivity contribution in [2.45, 2.75) is 51.4 Å². The Hall–Kier alpha value is -1.40. The Morgan fingerprint density at radius 1 is 1.65 bits per heavy atom. The van der Waals surface area contributed by atoms with Gasteiger partial charge in [0.2, 0.25) is 0 Å². The molecule has 6 heteroatoms. The number of hydrogen-bond donors (Lipinski definition) is 1. The molecule has 2 heterocycles. The van der Waals surface area contributed by atoms with E-state index in [1.807, 2.05) is 4.90 Å². The number of ether oxygens (including phenoxy) is 1. The Kier molecular flexibility index (Phi) is 5.14. The number of aliphatic hydroxyl groups excluding tert-OH is 1. The van der Waals surface area contributed by atoms with Gasteiger partial charge in [-0.25, -0.2) is 0 Å². The molecule has 0 spiro atoms. The van der Waals surface area contributed by atoms with Crippen molar-refractivity contribution in [3.8, 4) is 0 Å². The van der Waals surface area contributed by atoms with Gasteiger partial charge in [-0.2, -0.15) is 0 Å². The second kappa shape index (κ2) is 6.85. The van der Waals surface area contributed by atoms with Crippen LogP contribution in [0.5, 0.6) is 0 Å². The molecule has 2 unspecified atom stereocenters. The maximum absolute atomic E-state index is 12.5. The van der Waals surface area contributed by atoms with Gasteiger partial charge >= 0.3 is 0 Å². The summed E-state index contributed by atoms with van der Waals surface area (Å²) in [5, 5.41) is 13.4. The van der Waals surface area contributed by atoms with Crippen molar-refractivity contribution >= 4 is 5.91 Å². The highest BCUT2D eigenvalue weighted by atomic mass is 16.5. The lowest BCUT2D eigenvalue weighted by atomic mass is 9.97. The number of carbonyl (C=O) groups excluding carboxylic acids is 1. The summed E-state index contributed by atoms with van der Waals surface area (Å²) in [6.45, 7) is 2.77. The summed E-state index contributed by atoms with van der Waals surface area (Å²) in [5.41, 5.74) is 0.314. The molecule has 1 aromatic heterocycles. The Balaban J connectivity index is 2.07. The molecule has 112 valence electrons. The van der Waals surface area contributed by atoms with Gasteiger partial charge in [0, 0.05) is 25.8 Å². The first-order valence-electron chi connectivity index (χ1n) is 7.05. The topological polar surface area (TPSA) is 75.8 Å². The smallest absolute Gasteiger partial charge is 0.276 e. The van der Waals surface area contributed by atoms with E-state index in [9.17, 15) is 9.90 Å². The van der Waals surface area contributed by atoms with E-state index in [0.717, 1.165) is 19.3 Å². The van der Waals surface area contributed by atoms with E-state index in [1.165, 1.54) is 0 Å². The summed E-state index contributed by atoms with van der Waals surface area (Å²) < 4.78 is 10.0. The summed E-state index contributed by atoms with van der Waals surface area (Å²) in [7, 11) is 1.56. The molecule has 0 aliphatic carbocycles. The molecule has 2 atom stereocenters. The van der Waals surface area contributed by atoms with Gasteiger partial charge in [0.15, 0.2) is 11.5 Å². The second-order valence-corrected chi connectivity index (χ2v) is 5.34. The van der Waals surface area contributed by atoms with Crippen LogP contribution in [0.3, 0.4) is 0 Å². The van der Waals surface area contributed by atoms with Crippen molar-refractivity contribution in [3.05, 3.63) is 17.5 Å². The molecule has 20 heavy (non-hydrogen) atoms. The first-order chi connectivity index (χ1) is 9.61. The zero-order valence-electron chi connectivity index (χ0n) is 12.0. The van der Waals surface area contributed by atoms with E-state index in [2.05, 4.69) is 5.16 Å². The molecule has 1 amide bonds. The first-order valence-corrected chi connectivity index (χ1v) is 7.05. The van der Waals surface area contributed by atoms with Gasteiger partial charge in [-0.1, -0.05) is 5.16 Å². The Morgan fingerprint density at radius 3 is 3.15 bits per heavy atom. The highest BCUT2D eigenvalue weighted by molar-refractivity contribution is 5.92. The molecule has 1 aliphatic rings. The molecule has 1 saturated heterocycles. The third-order valence-electron chi connectivity index (χ3n) is 3.57. The molecular formula is C14H22N2O4. The number of piperidine rings is 1. The summed E-state index contributed by atoms with van der Waals surface area (Å²) in [4.78, 5) is 14.3. The molecule has 0 radical (unpaired) electrons. The van der Waals surface area contributed by atoms with E-state index in [1.54, 1.807) is 20.1 Å². The molecule has 6 nitrogen and oxygen atoms in total. The van der Waals surface area contributed by atoms with Crippen LogP contribution in [0.25, 0.3) is 0 Å². The highest BCUT2D eigenvalue weighted by Crippen LogP contribution is 2.23. The van der Waals surface area contributed by atoms with E-state index in [4.69, 9.17) is 9.26 Å². The third-order valence-corrected chi connectivity index (χ3v) is 3.57. The minimum absolute atomic E-state index is 0.0822. The van der Waals surface area contributed by atoms with Crippen LogP contribution in [-0.2, 0) is 11.3 Å². The fraction of sp³-hybridized carbons (Fsp3) is 0.714. The van der Waals surface area contributed by atoms with Gasteiger partial charge in [-0.05, 0) is 32.6 Å². The van der Waals surface area contributed by atoms with E-state index in [0.29, 0.717) is 31.0 Å². The monoisotopic (exact) mass is 282 g/mol. The average molecular weight is 282 g/mol. The van der Waals surface area contributed by atoms with Crippen molar-refractivity contribution in [1.82, 2.24) is 10.1 Å². The van der Waals surface area contributed by atoms with Gasteiger partial charge in [0.1, 0.15) is 6.61 Å². The maximum atomic E-state index is 12.5. The lowest BCUT2D eigenvalue weighted by Gasteiger charge is -2.36. The van der Waals surface area contributed by atoms with Crippen LogP contribution in [0.15, 0.2) is 10.6 Å². The zero-order chi connectivity index (χ0) is 14.5. The first kappa shape index (κ1) is 15.0. The van der Waals surface area contributed by atoms with E-state index in [-0.39, 0.29) is 11.9 Å². The third kappa shape index (κ3) is 3.58. The van der Waals surface area contributed by atoms with Crippen molar-refractivity contribution in [3.63, 3.8) is 0 Å². The van der Waals surface area contributed by atoms with Crippen LogP contribution >= 0.6 is 0 Å². The van der Waals surface area contributed by atoms with Crippen molar-refractivity contribution < 1.29 is 19.2 Å². The minimum Gasteiger partial charge on any atom is -0.393 e. The Labute approximate surface area is 118 Å². The van der Waals surface area contributed by atoms with Crippen molar-refractivity contribution in [1.29, 1.82) is 0 Å². The maximum Gasteiger partial charge on any atom is 0.276 e. The average Bonchev–Trinajstić information content (AvgIpc) is 2.87. The molecule has 2 rings (SSSR count). The van der Waals surface area contributed by atoms with Crippen LogP contribution in [0.1, 0.15) is 48.9 Å². The second-order valence-electron chi connectivity index (χ2n) is 5.34. The Morgan fingerprint density at radius 2 is 2.45 bits per heavy atom. The molecule has 1 N–H and O–H groups in total. The number of nitrogens with zero attached hydrogens (tertiary/aromatic N) is 2. The molecule has 1 fully saturated rings. The predicted octanol–water partition coefficient (Wildman–Crippen LogP) is 1.59. The fourth-order valence-corrected chi connectivity index (χ4v) is 2.68. The van der Waals surface area contributed by atoms with Gasteiger partial charge < -0.3 is 19.3 Å². The molecule has 0 aromatic carbocycles. The summed E-state index contributed by atoms with van der Waals surface area (Å²) in [5.74, 6) is 0.418. The number of methoxy groups -OCH3 is 1. The minimum atomic E-state index is -0.408. The van der Waals surface area contributed by atoms with E-state index < -0.39 is 6.10 Å². The van der Waals surface area contributed by atoms with Crippen LogP contribution in [0.2, 0.25) is 0 Å². The highest BCUT2D eigenvalue weighted by Gasteiger charge is 2.29. The van der Waals surface area contributed by atoms with Crippen molar-refractivity contribution in [2.75, 3.05) is 13.7 Å². The largest absolute Gasteiger partial charge is 0.393 e. The van der Waals surface area contributed by atoms with Crippen molar-refractivity contribution in [2.24, 2.45) is 0 Å². The number of rotatable bonds is 5. The quantitative estimate of drug-likeness (QED) is 0.887. The van der Waals surface area contributed by atoms with Crippen LogP contribution < -0.4 is 0 Å². The number of likely N-dealkylation sites (tertiary alicyclic amines) is 1. The van der Waals surface area contributed by atoms with E-state index >= 15 is 0 Å². The number of carbonyl (C=O) groups is 1. The Bertz CT molecular complexity index is 444. The number of amides is 1. The lowest BCUT2D eigenvalue weighted by molar-refractivity contribution is 0.0505. The van der Waals surface area contributed by atoms with Gasteiger partial charge in [0.25, 0.3) is 5.91 Å². The zero-order valence-corrected chi connectivity index (χ0v) is 12.0. The molecule has 0 saturated carbocycles. The molecule has 0 bridgehead atoms. The summed E-state index contributed by atoms with van der Waals surface area (Å²) in [6.07, 6.45) is 3.21. The normalized spacial score (nSPS) is 20.9. The number of aliphatic hydroxyl groups is 1. The number of hydrogen-bond acceptors (Lipinski definition) is 5. The molecule has 1 aliphatic heterocycles. The predicted molar refractivity (Wildman–Crippen MR) is 72.2 cm³/mol. The van der Waals surface area contributed by atoms with Gasteiger partial charge in [-0.3, -0.25) is 4.79 Å². The molecular weight excluding hydrogens is 260 g/mol. The SMILES string of the molecule is COCc1cc(C(=O)N2CCCCC2CC(C)O)no1. The molecule has 1 aromatic rings. The summed E-state index contributed by atoms with van der Waals surface area (Å²) >= 11 is 0. The van der Waals surface area contributed by atoms with Gasteiger partial charge in [-0.15, -0.1) is 0 Å². The summed E-state index contributed by atoms with van der Waals surface area (Å²) in [6, 6.07) is 1.71. The van der Waals surface area contributed by atoms with Crippen LogP contribution in [0.4, 0.5) is 0 Å². The van der Waals surface area contributed by atoms with Gasteiger partial charge in [0.05, 0.1) is 6.10 Å². The standard InChI is InChI=1S/C14H22N2O4/c1-10(17)7-11-5-3-4-6-16(11)14(18)13-8-12(9-19-2)20-15-13/h8,10-11,17H,3-7,9H2,1-2H3. The van der Waals surface area contributed by atoms with Crippen LogP contribution in [-0.4, -0.2) is 46.9 Å². The lowest BCUT2D eigenvalue weighted by Crippen LogP contribution is -2.45. The fourth-order valence-electron chi connectivity index (χ4n) is 2.68. The number of aromatic nitrogens is 1. The van der Waals surface area contributed by atoms with Crippen LogP contribution in [0, 0.1) is 0 Å².